The molecule has 0 aliphatic rings. The van der Waals surface area contributed by atoms with Gasteiger partial charge in [-0.25, -0.2) is 4.79 Å². The van der Waals surface area contributed by atoms with Gasteiger partial charge < -0.3 is 16.0 Å². The van der Waals surface area contributed by atoms with Crippen molar-refractivity contribution in [2.45, 2.75) is 13.3 Å². The van der Waals surface area contributed by atoms with Crippen molar-refractivity contribution >= 4 is 22.5 Å². The summed E-state index contributed by atoms with van der Waals surface area (Å²) in [7, 11) is 0. The number of fused-ring (bicyclic) bond motifs is 1. The predicted molar refractivity (Wildman–Crippen MR) is 84.1 cm³/mol. The lowest BCUT2D eigenvalue weighted by Gasteiger charge is -2.10. The van der Waals surface area contributed by atoms with Crippen LogP contribution in [0.2, 0.25) is 0 Å². The van der Waals surface area contributed by atoms with Crippen molar-refractivity contribution in [3.05, 3.63) is 42.5 Å². The molecule has 0 bridgehead atoms. The highest BCUT2D eigenvalue weighted by molar-refractivity contribution is 6.01. The first-order valence-corrected chi connectivity index (χ1v) is 7.04. The van der Waals surface area contributed by atoms with Crippen LogP contribution in [0.1, 0.15) is 13.3 Å². The van der Waals surface area contributed by atoms with Gasteiger partial charge in [0.05, 0.1) is 5.69 Å². The Balaban J connectivity index is 1.90. The average molecular weight is 271 g/mol. The van der Waals surface area contributed by atoms with Crippen molar-refractivity contribution in [2.75, 3.05) is 25.0 Å². The smallest absolute Gasteiger partial charge is 0.319 e. The molecule has 0 fully saturated rings. The first-order chi connectivity index (χ1) is 9.81. The van der Waals surface area contributed by atoms with E-state index in [0.717, 1.165) is 36.0 Å². The van der Waals surface area contributed by atoms with Crippen LogP contribution in [-0.2, 0) is 0 Å². The summed E-state index contributed by atoms with van der Waals surface area (Å²) in [5.74, 6) is 0. The Morgan fingerprint density at radius 1 is 1.00 bits per heavy atom. The summed E-state index contributed by atoms with van der Waals surface area (Å²) in [5, 5.41) is 11.2. The summed E-state index contributed by atoms with van der Waals surface area (Å²) in [6.07, 6.45) is 1.10. The van der Waals surface area contributed by atoms with Crippen LogP contribution in [0.5, 0.6) is 0 Å². The first-order valence-electron chi connectivity index (χ1n) is 7.04. The van der Waals surface area contributed by atoms with Crippen molar-refractivity contribution < 1.29 is 4.79 Å². The number of rotatable bonds is 6. The third-order valence-electron chi connectivity index (χ3n) is 3.05. The standard InChI is InChI=1S/C16H21N3O/c1-2-10-17-11-12-18-16(20)19-15-9-5-7-13-6-3-4-8-14(13)15/h3-9,17H,2,10-12H2,1H3,(H2,18,19,20). The Kier molecular flexibility index (Phi) is 5.38. The summed E-state index contributed by atoms with van der Waals surface area (Å²) in [6.45, 7) is 4.51. The molecule has 4 heteroatoms. The monoisotopic (exact) mass is 271 g/mol. The van der Waals surface area contributed by atoms with E-state index in [1.165, 1.54) is 0 Å². The van der Waals surface area contributed by atoms with Crippen LogP contribution in [0.25, 0.3) is 10.8 Å². The lowest BCUT2D eigenvalue weighted by molar-refractivity contribution is 0.252. The molecule has 0 heterocycles. The fourth-order valence-corrected chi connectivity index (χ4v) is 2.07. The number of nitrogens with one attached hydrogen (secondary N) is 3. The number of hydrogen-bond acceptors (Lipinski definition) is 2. The zero-order valence-electron chi connectivity index (χ0n) is 11.8. The lowest BCUT2D eigenvalue weighted by atomic mass is 10.1. The summed E-state index contributed by atoms with van der Waals surface area (Å²) in [5.41, 5.74) is 0.835. The number of amides is 2. The summed E-state index contributed by atoms with van der Waals surface area (Å²) < 4.78 is 0. The quantitative estimate of drug-likeness (QED) is 0.707. The second kappa shape index (κ2) is 7.50. The molecular weight excluding hydrogens is 250 g/mol. The van der Waals surface area contributed by atoms with Gasteiger partial charge in [0.1, 0.15) is 0 Å². The number of benzene rings is 2. The van der Waals surface area contributed by atoms with E-state index in [9.17, 15) is 4.79 Å². The molecular formula is C16H21N3O. The molecule has 0 aromatic heterocycles. The number of hydrogen-bond donors (Lipinski definition) is 3. The summed E-state index contributed by atoms with van der Waals surface area (Å²) in [6, 6.07) is 13.7. The Labute approximate surface area is 119 Å². The highest BCUT2D eigenvalue weighted by atomic mass is 16.2. The number of carbonyl (C=O) groups is 1. The second-order valence-electron chi connectivity index (χ2n) is 4.66. The molecule has 0 aliphatic heterocycles. The Hall–Kier alpha value is -2.07. The van der Waals surface area contributed by atoms with Gasteiger partial charge in [-0.1, -0.05) is 43.3 Å². The van der Waals surface area contributed by atoms with Gasteiger partial charge in [-0.15, -0.1) is 0 Å². The number of anilines is 1. The van der Waals surface area contributed by atoms with E-state index in [4.69, 9.17) is 0 Å². The van der Waals surface area contributed by atoms with E-state index < -0.39 is 0 Å². The highest BCUT2D eigenvalue weighted by Gasteiger charge is 2.04. The zero-order chi connectivity index (χ0) is 14.2. The normalized spacial score (nSPS) is 10.4. The van der Waals surface area contributed by atoms with Gasteiger partial charge in [0.15, 0.2) is 0 Å². The molecule has 0 radical (unpaired) electrons. The van der Waals surface area contributed by atoms with Gasteiger partial charge in [-0.3, -0.25) is 0 Å². The van der Waals surface area contributed by atoms with Crippen LogP contribution in [-0.4, -0.2) is 25.7 Å². The molecule has 4 nitrogen and oxygen atoms in total. The molecule has 2 aromatic rings. The highest BCUT2D eigenvalue weighted by Crippen LogP contribution is 2.22. The van der Waals surface area contributed by atoms with Gasteiger partial charge >= 0.3 is 6.03 Å². The third-order valence-corrected chi connectivity index (χ3v) is 3.05. The van der Waals surface area contributed by atoms with Gasteiger partial charge in [0.25, 0.3) is 0 Å². The van der Waals surface area contributed by atoms with Crippen LogP contribution < -0.4 is 16.0 Å². The van der Waals surface area contributed by atoms with Gasteiger partial charge in [-0.05, 0) is 24.4 Å². The van der Waals surface area contributed by atoms with E-state index in [-0.39, 0.29) is 6.03 Å². The average Bonchev–Trinajstić information content (AvgIpc) is 2.47. The molecule has 2 rings (SSSR count). The van der Waals surface area contributed by atoms with Gasteiger partial charge in [-0.2, -0.15) is 0 Å². The molecule has 0 spiro atoms. The van der Waals surface area contributed by atoms with Crippen molar-refractivity contribution in [1.82, 2.24) is 10.6 Å². The zero-order valence-corrected chi connectivity index (χ0v) is 11.8. The van der Waals surface area contributed by atoms with E-state index in [2.05, 4.69) is 22.9 Å². The van der Waals surface area contributed by atoms with Crippen molar-refractivity contribution in [1.29, 1.82) is 0 Å². The Morgan fingerprint density at radius 2 is 1.80 bits per heavy atom. The largest absolute Gasteiger partial charge is 0.337 e. The maximum Gasteiger partial charge on any atom is 0.319 e. The number of urea groups is 1. The molecule has 106 valence electrons. The Morgan fingerprint density at radius 3 is 2.65 bits per heavy atom. The fourth-order valence-electron chi connectivity index (χ4n) is 2.07. The topological polar surface area (TPSA) is 53.2 Å². The van der Waals surface area contributed by atoms with Crippen molar-refractivity contribution in [3.63, 3.8) is 0 Å². The van der Waals surface area contributed by atoms with Gasteiger partial charge in [0, 0.05) is 18.5 Å². The molecule has 2 amide bonds. The maximum atomic E-state index is 11.8. The molecule has 0 unspecified atom stereocenters. The van der Waals surface area contributed by atoms with E-state index in [0.29, 0.717) is 6.54 Å². The van der Waals surface area contributed by atoms with Crippen molar-refractivity contribution in [2.24, 2.45) is 0 Å². The SMILES string of the molecule is CCCNCCNC(=O)Nc1cccc2ccccc12. The minimum Gasteiger partial charge on any atom is -0.337 e. The molecule has 2 aromatic carbocycles. The van der Waals surface area contributed by atoms with Crippen molar-refractivity contribution in [3.8, 4) is 0 Å². The minimum absolute atomic E-state index is 0.167. The van der Waals surface area contributed by atoms with Crippen LogP contribution in [0.15, 0.2) is 42.5 Å². The molecule has 0 saturated heterocycles. The lowest BCUT2D eigenvalue weighted by Crippen LogP contribution is -2.35. The van der Waals surface area contributed by atoms with E-state index >= 15 is 0 Å². The second-order valence-corrected chi connectivity index (χ2v) is 4.66. The van der Waals surface area contributed by atoms with Crippen LogP contribution >= 0.6 is 0 Å². The Bertz CT molecular complexity index is 563. The molecule has 3 N–H and O–H groups in total. The van der Waals surface area contributed by atoms with Crippen LogP contribution in [0.4, 0.5) is 10.5 Å². The van der Waals surface area contributed by atoms with E-state index in [1.54, 1.807) is 0 Å². The first kappa shape index (κ1) is 14.3. The minimum atomic E-state index is -0.167. The molecule has 0 atom stereocenters. The van der Waals surface area contributed by atoms with E-state index in [1.807, 2.05) is 42.5 Å². The van der Waals surface area contributed by atoms with Crippen LogP contribution in [0.3, 0.4) is 0 Å². The number of carbonyl (C=O) groups excluding carboxylic acids is 1. The van der Waals surface area contributed by atoms with Gasteiger partial charge in [0.2, 0.25) is 0 Å². The summed E-state index contributed by atoms with van der Waals surface area (Å²) in [4.78, 5) is 11.8. The van der Waals surface area contributed by atoms with Crippen LogP contribution in [0, 0.1) is 0 Å². The summed E-state index contributed by atoms with van der Waals surface area (Å²) >= 11 is 0. The maximum absolute atomic E-state index is 11.8. The molecule has 20 heavy (non-hydrogen) atoms. The molecule has 0 aliphatic carbocycles. The third kappa shape index (κ3) is 3.96. The predicted octanol–water partition coefficient (Wildman–Crippen LogP) is 2.96. The fraction of sp³-hybridized carbons (Fsp3) is 0.312. The molecule has 0 saturated carbocycles.